The van der Waals surface area contributed by atoms with Crippen molar-refractivity contribution in [2.24, 2.45) is 23.5 Å². The van der Waals surface area contributed by atoms with Gasteiger partial charge in [0.05, 0.1) is 5.92 Å². The molecule has 5 N–H and O–H groups in total. The molecule has 0 aromatic carbocycles. The molecule has 19 heavy (non-hydrogen) atoms. The van der Waals surface area contributed by atoms with E-state index >= 15 is 0 Å². The molecule has 0 radical (unpaired) electrons. The first-order valence-electron chi connectivity index (χ1n) is 6.91. The molecule has 1 aliphatic carbocycles. The van der Waals surface area contributed by atoms with Gasteiger partial charge in [-0.1, -0.05) is 0 Å². The van der Waals surface area contributed by atoms with E-state index in [1.807, 2.05) is 0 Å². The minimum absolute atomic E-state index is 0.376. The van der Waals surface area contributed by atoms with Crippen molar-refractivity contribution in [3.8, 4) is 0 Å². The molecule has 0 bridgehead atoms. The van der Waals surface area contributed by atoms with Crippen LogP contribution in [0.5, 0.6) is 0 Å². The Morgan fingerprint density at radius 2 is 1.89 bits per heavy atom. The summed E-state index contributed by atoms with van der Waals surface area (Å²) in [6.45, 7) is 1.94. The molecule has 2 rings (SSSR count). The fraction of sp³-hybridized carbons (Fsp3) is 0.846. The second kappa shape index (κ2) is 5.46. The molecule has 2 aliphatic rings. The van der Waals surface area contributed by atoms with E-state index in [0.717, 1.165) is 32.4 Å². The summed E-state index contributed by atoms with van der Waals surface area (Å²) >= 11 is 0. The molecule has 3 atom stereocenters. The molecule has 1 saturated carbocycles. The van der Waals surface area contributed by atoms with Crippen molar-refractivity contribution >= 4 is 11.9 Å². The molecule has 1 aliphatic heterocycles. The average molecular weight is 270 g/mol. The fourth-order valence-electron chi connectivity index (χ4n) is 3.10. The van der Waals surface area contributed by atoms with Crippen LogP contribution in [-0.2, 0) is 9.59 Å². The van der Waals surface area contributed by atoms with E-state index in [-0.39, 0.29) is 0 Å². The zero-order chi connectivity index (χ0) is 14.0. The van der Waals surface area contributed by atoms with Crippen molar-refractivity contribution in [2.75, 3.05) is 13.1 Å². The quantitative estimate of drug-likeness (QED) is 0.551. The van der Waals surface area contributed by atoms with E-state index in [4.69, 9.17) is 10.8 Å². The van der Waals surface area contributed by atoms with E-state index in [9.17, 15) is 14.7 Å². The van der Waals surface area contributed by atoms with Gasteiger partial charge < -0.3 is 21.3 Å². The lowest BCUT2D eigenvalue weighted by Gasteiger charge is -2.29. The van der Waals surface area contributed by atoms with Crippen molar-refractivity contribution in [2.45, 2.75) is 37.6 Å². The normalized spacial score (nSPS) is 30.6. The van der Waals surface area contributed by atoms with Crippen LogP contribution < -0.4 is 11.1 Å². The van der Waals surface area contributed by atoms with Crippen LogP contribution in [0.1, 0.15) is 32.1 Å². The van der Waals surface area contributed by atoms with Crippen molar-refractivity contribution in [1.82, 2.24) is 5.32 Å². The molecule has 6 nitrogen and oxygen atoms in total. The molecule has 0 spiro atoms. The van der Waals surface area contributed by atoms with Gasteiger partial charge in [0.15, 0.2) is 0 Å². The fourth-order valence-corrected chi connectivity index (χ4v) is 3.10. The number of hydrogen-bond donors (Lipinski definition) is 4. The SMILES string of the molecule is NC(CCC1CCNCC1)(C(=O)O)[C@H]1C[C@@H]1C(=O)O. The standard InChI is InChI=1S/C13H22N2O4/c14-13(12(18)19,10-7-9(10)11(16)17)4-1-8-2-5-15-6-3-8/h8-10,15H,1-7,14H2,(H,16,17)(H,18,19)/t9-,10-,13?/m0/s1. The number of hydrogen-bond acceptors (Lipinski definition) is 4. The summed E-state index contributed by atoms with van der Waals surface area (Å²) in [7, 11) is 0. The van der Waals surface area contributed by atoms with Crippen molar-refractivity contribution in [3.63, 3.8) is 0 Å². The summed E-state index contributed by atoms with van der Waals surface area (Å²) in [6, 6.07) is 0. The number of carboxylic acids is 2. The van der Waals surface area contributed by atoms with Gasteiger partial charge in [0.1, 0.15) is 5.54 Å². The van der Waals surface area contributed by atoms with Crippen LogP contribution in [0.25, 0.3) is 0 Å². The molecular weight excluding hydrogens is 248 g/mol. The Kier molecular flexibility index (Phi) is 4.10. The van der Waals surface area contributed by atoms with E-state index in [1.165, 1.54) is 0 Å². The molecule has 1 saturated heterocycles. The van der Waals surface area contributed by atoms with Gasteiger partial charge in [0.2, 0.25) is 0 Å². The summed E-state index contributed by atoms with van der Waals surface area (Å²) < 4.78 is 0. The molecule has 1 unspecified atom stereocenters. The predicted molar refractivity (Wildman–Crippen MR) is 68.6 cm³/mol. The second-order valence-electron chi connectivity index (χ2n) is 5.86. The smallest absolute Gasteiger partial charge is 0.323 e. The summed E-state index contributed by atoms with van der Waals surface area (Å²) in [6.07, 6.45) is 3.63. The van der Waals surface area contributed by atoms with E-state index in [0.29, 0.717) is 18.8 Å². The predicted octanol–water partition coefficient (Wildman–Crippen LogP) is 0.269. The van der Waals surface area contributed by atoms with Crippen LogP contribution in [-0.4, -0.2) is 40.8 Å². The number of nitrogens with two attached hydrogens (primary N) is 1. The van der Waals surface area contributed by atoms with E-state index < -0.39 is 29.3 Å². The Labute approximate surface area is 112 Å². The van der Waals surface area contributed by atoms with Crippen LogP contribution >= 0.6 is 0 Å². The highest BCUT2D eigenvalue weighted by Gasteiger charge is 2.58. The van der Waals surface area contributed by atoms with Gasteiger partial charge in [-0.2, -0.15) is 0 Å². The lowest BCUT2D eigenvalue weighted by Crippen LogP contribution is -2.51. The number of piperidine rings is 1. The minimum atomic E-state index is -1.37. The van der Waals surface area contributed by atoms with Gasteiger partial charge in [0.25, 0.3) is 0 Å². The Morgan fingerprint density at radius 3 is 2.37 bits per heavy atom. The summed E-state index contributed by atoms with van der Waals surface area (Å²) in [5.41, 5.74) is 4.65. The first kappa shape index (κ1) is 14.3. The van der Waals surface area contributed by atoms with Crippen LogP contribution in [0.4, 0.5) is 0 Å². The first-order valence-corrected chi connectivity index (χ1v) is 6.91. The Hall–Kier alpha value is -1.14. The Morgan fingerprint density at radius 1 is 1.26 bits per heavy atom. The molecule has 2 fully saturated rings. The van der Waals surface area contributed by atoms with Crippen LogP contribution in [0.2, 0.25) is 0 Å². The summed E-state index contributed by atoms with van der Waals surface area (Å²) in [5, 5.41) is 21.5. The average Bonchev–Trinajstić information content (AvgIpc) is 3.17. The third-order valence-corrected chi connectivity index (χ3v) is 4.59. The van der Waals surface area contributed by atoms with E-state index in [2.05, 4.69) is 5.32 Å². The first-order chi connectivity index (χ1) is 8.95. The highest BCUT2D eigenvalue weighted by molar-refractivity contribution is 5.83. The largest absolute Gasteiger partial charge is 0.481 e. The Balaban J connectivity index is 1.92. The summed E-state index contributed by atoms with van der Waals surface area (Å²) in [4.78, 5) is 22.3. The number of carbonyl (C=O) groups is 2. The Bertz CT molecular complexity index is 368. The van der Waals surface area contributed by atoms with Crippen LogP contribution in [0, 0.1) is 17.8 Å². The zero-order valence-corrected chi connectivity index (χ0v) is 11.0. The van der Waals surface area contributed by atoms with Gasteiger partial charge in [-0.05, 0) is 51.1 Å². The van der Waals surface area contributed by atoms with Crippen molar-refractivity contribution < 1.29 is 19.8 Å². The molecule has 6 heteroatoms. The summed E-state index contributed by atoms with van der Waals surface area (Å²) in [5.74, 6) is -2.47. The molecule has 1 heterocycles. The number of aliphatic carboxylic acids is 2. The van der Waals surface area contributed by atoms with Gasteiger partial charge >= 0.3 is 11.9 Å². The van der Waals surface area contributed by atoms with Gasteiger partial charge in [0, 0.05) is 5.92 Å². The molecule has 0 aromatic rings. The van der Waals surface area contributed by atoms with Gasteiger partial charge in [-0.15, -0.1) is 0 Å². The lowest BCUT2D eigenvalue weighted by atomic mass is 9.82. The highest BCUT2D eigenvalue weighted by Crippen LogP contribution is 2.48. The van der Waals surface area contributed by atoms with Crippen LogP contribution in [0.3, 0.4) is 0 Å². The highest BCUT2D eigenvalue weighted by atomic mass is 16.4. The third-order valence-electron chi connectivity index (χ3n) is 4.59. The maximum atomic E-state index is 11.4. The third kappa shape index (κ3) is 3.06. The van der Waals surface area contributed by atoms with Crippen molar-refractivity contribution in [3.05, 3.63) is 0 Å². The molecule has 0 amide bonds. The monoisotopic (exact) mass is 270 g/mol. The number of carboxylic acid groups (broad SMARTS) is 2. The molecule has 0 aromatic heterocycles. The lowest BCUT2D eigenvalue weighted by molar-refractivity contribution is -0.145. The maximum absolute atomic E-state index is 11.4. The topological polar surface area (TPSA) is 113 Å². The van der Waals surface area contributed by atoms with Crippen LogP contribution in [0.15, 0.2) is 0 Å². The number of rotatable bonds is 6. The van der Waals surface area contributed by atoms with Crippen molar-refractivity contribution in [1.29, 1.82) is 0 Å². The zero-order valence-electron chi connectivity index (χ0n) is 11.0. The molecular formula is C13H22N2O4. The minimum Gasteiger partial charge on any atom is -0.481 e. The number of nitrogens with one attached hydrogen (secondary N) is 1. The molecule has 108 valence electrons. The maximum Gasteiger partial charge on any atom is 0.323 e. The van der Waals surface area contributed by atoms with Gasteiger partial charge in [-0.3, -0.25) is 9.59 Å². The van der Waals surface area contributed by atoms with E-state index in [1.54, 1.807) is 0 Å². The second-order valence-corrected chi connectivity index (χ2v) is 5.86. The van der Waals surface area contributed by atoms with Gasteiger partial charge in [-0.25, -0.2) is 0 Å².